The van der Waals surface area contributed by atoms with Gasteiger partial charge in [0.1, 0.15) is 0 Å². The van der Waals surface area contributed by atoms with E-state index in [4.69, 9.17) is 0 Å². The third-order valence-corrected chi connectivity index (χ3v) is 1.79. The van der Waals surface area contributed by atoms with Gasteiger partial charge in [-0.25, -0.2) is 0 Å². The number of carbonyl (C=O) groups excluding carboxylic acids is 1. The van der Waals surface area contributed by atoms with Gasteiger partial charge in [0.05, 0.1) is 22.3 Å². The van der Waals surface area contributed by atoms with Crippen LogP contribution in [0.15, 0.2) is 36.7 Å². The van der Waals surface area contributed by atoms with Gasteiger partial charge >= 0.3 is 0 Å². The molecule has 0 aliphatic carbocycles. The quantitative estimate of drug-likeness (QED) is 0.670. The molecule has 2 aromatic rings. The van der Waals surface area contributed by atoms with Crippen molar-refractivity contribution in [3.05, 3.63) is 42.2 Å². The molecule has 0 radical (unpaired) electrons. The van der Waals surface area contributed by atoms with Gasteiger partial charge in [0.15, 0.2) is 0 Å². The van der Waals surface area contributed by atoms with Crippen molar-refractivity contribution in [1.82, 2.24) is 15.2 Å². The molecule has 0 bridgehead atoms. The Balaban J connectivity index is 2.11. The monoisotopic (exact) mass is 204 g/mol. The predicted molar refractivity (Wildman–Crippen MR) is 51.3 cm³/mol. The first kappa shape index (κ1) is 9.32. The van der Waals surface area contributed by atoms with E-state index in [9.17, 15) is 4.79 Å². The minimum absolute atomic E-state index is 0.244. The number of hydrogen-bond acceptors (Lipinski definition) is 3. The standard InChI is InChI=1S/C9H9N5O/c1-13-7-10-14(12-13)11-9(15)8-5-3-2-4-6-8/h2-7H,1H3/p+1. The summed E-state index contributed by atoms with van der Waals surface area (Å²) < 4.78 is 1.49. The smallest absolute Gasteiger partial charge is 0.266 e. The van der Waals surface area contributed by atoms with Gasteiger partial charge in [-0.15, -0.1) is 4.68 Å². The normalized spacial score (nSPS) is 9.93. The number of hydrogen-bond donors (Lipinski definition) is 1. The summed E-state index contributed by atoms with van der Waals surface area (Å²) in [6.07, 6.45) is 1.49. The number of benzene rings is 1. The molecule has 1 heterocycles. The zero-order chi connectivity index (χ0) is 10.7. The summed E-state index contributed by atoms with van der Waals surface area (Å²) in [5, 5.41) is 7.68. The van der Waals surface area contributed by atoms with Gasteiger partial charge in [-0.3, -0.25) is 4.79 Å². The highest BCUT2D eigenvalue weighted by atomic mass is 16.2. The maximum Gasteiger partial charge on any atom is 0.288 e. The lowest BCUT2D eigenvalue weighted by Crippen LogP contribution is -2.33. The fourth-order valence-electron chi connectivity index (χ4n) is 1.10. The summed E-state index contributed by atoms with van der Waals surface area (Å²) in [5.41, 5.74) is 3.08. The molecule has 2 rings (SSSR count). The number of aromatic nitrogens is 4. The van der Waals surface area contributed by atoms with E-state index in [1.54, 1.807) is 31.3 Å². The average molecular weight is 204 g/mol. The van der Waals surface area contributed by atoms with Crippen LogP contribution in [0.3, 0.4) is 0 Å². The van der Waals surface area contributed by atoms with Crippen molar-refractivity contribution >= 4 is 5.91 Å². The summed E-state index contributed by atoms with van der Waals surface area (Å²) >= 11 is 0. The molecule has 0 saturated carbocycles. The Morgan fingerprint density at radius 3 is 2.73 bits per heavy atom. The van der Waals surface area contributed by atoms with Crippen LogP contribution in [0.5, 0.6) is 0 Å². The van der Waals surface area contributed by atoms with Crippen molar-refractivity contribution in [2.75, 3.05) is 5.43 Å². The Bertz CT molecular complexity index is 464. The molecule has 1 aromatic heterocycles. The summed E-state index contributed by atoms with van der Waals surface area (Å²) in [6.45, 7) is 0. The maximum atomic E-state index is 11.6. The van der Waals surface area contributed by atoms with E-state index in [1.165, 1.54) is 11.0 Å². The summed E-state index contributed by atoms with van der Waals surface area (Å²) in [6, 6.07) is 8.89. The Hall–Kier alpha value is -2.24. The maximum absolute atomic E-state index is 11.6. The van der Waals surface area contributed by atoms with Gasteiger partial charge in [-0.05, 0) is 12.1 Å². The Morgan fingerprint density at radius 1 is 1.40 bits per heavy atom. The zero-order valence-corrected chi connectivity index (χ0v) is 8.16. The molecule has 0 saturated heterocycles. The molecule has 76 valence electrons. The molecule has 6 nitrogen and oxygen atoms in total. The first-order valence-electron chi connectivity index (χ1n) is 4.40. The van der Waals surface area contributed by atoms with Crippen molar-refractivity contribution in [3.63, 3.8) is 0 Å². The third-order valence-electron chi connectivity index (χ3n) is 1.79. The van der Waals surface area contributed by atoms with Gasteiger partial charge in [-0.2, -0.15) is 5.43 Å². The minimum atomic E-state index is -0.244. The molecule has 0 aliphatic rings. The zero-order valence-electron chi connectivity index (χ0n) is 8.16. The van der Waals surface area contributed by atoms with Crippen LogP contribution in [0.1, 0.15) is 10.4 Å². The second-order valence-corrected chi connectivity index (χ2v) is 2.99. The molecule has 1 N–H and O–H groups in total. The Kier molecular flexibility index (Phi) is 2.40. The molecule has 0 unspecified atom stereocenters. The first-order valence-corrected chi connectivity index (χ1v) is 4.40. The van der Waals surface area contributed by atoms with Crippen LogP contribution in [0, 0.1) is 0 Å². The topological polar surface area (TPSA) is 63.7 Å². The van der Waals surface area contributed by atoms with Crippen molar-refractivity contribution < 1.29 is 9.48 Å². The van der Waals surface area contributed by atoms with Crippen LogP contribution >= 0.6 is 0 Å². The van der Waals surface area contributed by atoms with E-state index in [-0.39, 0.29) is 5.91 Å². The van der Waals surface area contributed by atoms with Crippen molar-refractivity contribution in [1.29, 1.82) is 0 Å². The highest BCUT2D eigenvalue weighted by Crippen LogP contribution is 1.97. The fourth-order valence-corrected chi connectivity index (χ4v) is 1.10. The second-order valence-electron chi connectivity index (χ2n) is 2.99. The summed E-state index contributed by atoms with van der Waals surface area (Å²) in [5.74, 6) is -0.244. The second kappa shape index (κ2) is 3.87. The van der Waals surface area contributed by atoms with Crippen LogP contribution in [0.4, 0.5) is 0 Å². The lowest BCUT2D eigenvalue weighted by Gasteiger charge is -1.96. The number of tetrazole rings is 1. The molecule has 1 aromatic carbocycles. The van der Waals surface area contributed by atoms with Gasteiger partial charge < -0.3 is 0 Å². The summed E-state index contributed by atoms with van der Waals surface area (Å²) in [4.78, 5) is 12.7. The van der Waals surface area contributed by atoms with E-state index < -0.39 is 0 Å². The molecule has 15 heavy (non-hydrogen) atoms. The summed E-state index contributed by atoms with van der Waals surface area (Å²) in [7, 11) is 1.72. The van der Waals surface area contributed by atoms with Gasteiger partial charge in [0, 0.05) is 5.56 Å². The molecule has 1 amide bonds. The minimum Gasteiger partial charge on any atom is -0.266 e. The van der Waals surface area contributed by atoms with Crippen molar-refractivity contribution in [3.8, 4) is 0 Å². The lowest BCUT2D eigenvalue weighted by molar-refractivity contribution is -0.732. The van der Waals surface area contributed by atoms with E-state index in [0.717, 1.165) is 4.91 Å². The Morgan fingerprint density at radius 2 is 2.13 bits per heavy atom. The molecular weight excluding hydrogens is 194 g/mol. The van der Waals surface area contributed by atoms with E-state index in [1.807, 2.05) is 6.07 Å². The van der Waals surface area contributed by atoms with Gasteiger partial charge in [0.25, 0.3) is 12.2 Å². The van der Waals surface area contributed by atoms with E-state index in [2.05, 4.69) is 15.7 Å². The van der Waals surface area contributed by atoms with Gasteiger partial charge in [0.2, 0.25) is 0 Å². The van der Waals surface area contributed by atoms with Crippen LogP contribution in [-0.2, 0) is 7.05 Å². The number of nitrogens with zero attached hydrogens (tertiary/aromatic N) is 4. The largest absolute Gasteiger partial charge is 0.288 e. The number of rotatable bonds is 2. The van der Waals surface area contributed by atoms with E-state index >= 15 is 0 Å². The van der Waals surface area contributed by atoms with Crippen LogP contribution in [0.25, 0.3) is 0 Å². The van der Waals surface area contributed by atoms with Crippen LogP contribution in [-0.4, -0.2) is 21.1 Å². The molecule has 0 aliphatic heterocycles. The average Bonchev–Trinajstić information content (AvgIpc) is 2.65. The number of carbonyl (C=O) groups is 1. The molecule has 6 heteroatoms. The Labute approximate surface area is 86.1 Å². The van der Waals surface area contributed by atoms with Crippen LogP contribution in [0.2, 0.25) is 0 Å². The predicted octanol–water partition coefficient (Wildman–Crippen LogP) is -0.514. The number of amides is 1. The highest BCUT2D eigenvalue weighted by molar-refractivity contribution is 5.99. The van der Waals surface area contributed by atoms with Crippen molar-refractivity contribution in [2.45, 2.75) is 0 Å². The lowest BCUT2D eigenvalue weighted by atomic mass is 10.2. The fraction of sp³-hybridized carbons (Fsp3) is 0.111. The van der Waals surface area contributed by atoms with Gasteiger partial charge in [-0.1, -0.05) is 18.2 Å². The van der Waals surface area contributed by atoms with Crippen LogP contribution < -0.4 is 10.1 Å². The molecule has 0 fully saturated rings. The molecule has 0 atom stereocenters. The molecular formula is C9H10N5O+. The first-order chi connectivity index (χ1) is 7.25. The highest BCUT2D eigenvalue weighted by Gasteiger charge is 2.10. The van der Waals surface area contributed by atoms with E-state index in [0.29, 0.717) is 5.56 Å². The SMILES string of the molecule is C[n+]1cnn(NC(=O)c2ccccc2)n1. The number of nitrogens with one attached hydrogen (secondary N) is 1. The van der Waals surface area contributed by atoms with Crippen molar-refractivity contribution in [2.24, 2.45) is 7.05 Å². The number of aryl methyl sites for hydroxylation is 1. The third kappa shape index (κ3) is 2.16. The molecule has 0 spiro atoms.